The van der Waals surface area contributed by atoms with Crippen LogP contribution < -0.4 is 10.1 Å². The van der Waals surface area contributed by atoms with Gasteiger partial charge in [-0.15, -0.1) is 11.8 Å². The third-order valence-corrected chi connectivity index (χ3v) is 8.69. The minimum atomic E-state index is -0.597. The lowest BCUT2D eigenvalue weighted by Crippen LogP contribution is -2.41. The molecule has 0 spiro atoms. The van der Waals surface area contributed by atoms with E-state index in [4.69, 9.17) is 4.74 Å². The molecule has 3 nitrogen and oxygen atoms in total. The van der Waals surface area contributed by atoms with Gasteiger partial charge in [-0.25, -0.2) is 17.6 Å². The summed E-state index contributed by atoms with van der Waals surface area (Å²) in [5.74, 6) is -0.962. The topological polar surface area (TPSA) is 24.5 Å². The molecule has 1 atom stereocenters. The third kappa shape index (κ3) is 5.72. The predicted octanol–water partition coefficient (Wildman–Crippen LogP) is 6.74. The molecule has 0 radical (unpaired) electrons. The molecule has 0 amide bonds. The molecule has 1 N–H and O–H groups in total. The molecule has 0 aliphatic carbocycles. The van der Waals surface area contributed by atoms with Crippen molar-refractivity contribution in [3.8, 4) is 5.75 Å². The average Bonchev–Trinajstić information content (AvgIpc) is 3.32. The zero-order valence-corrected chi connectivity index (χ0v) is 22.7. The Kier molecular flexibility index (Phi) is 8.33. The summed E-state index contributed by atoms with van der Waals surface area (Å²) in [6.07, 6.45) is 0.759. The fourth-order valence-corrected chi connectivity index (χ4v) is 6.67. The molecule has 39 heavy (non-hydrogen) atoms. The van der Waals surface area contributed by atoms with Crippen molar-refractivity contribution in [3.05, 3.63) is 117 Å². The van der Waals surface area contributed by atoms with Gasteiger partial charge in [0.25, 0.3) is 0 Å². The summed E-state index contributed by atoms with van der Waals surface area (Å²) in [5, 5.41) is 4.45. The maximum absolute atomic E-state index is 15.4. The zero-order chi connectivity index (χ0) is 27.5. The molecule has 8 heteroatoms. The first kappa shape index (κ1) is 27.3. The van der Waals surface area contributed by atoms with Crippen molar-refractivity contribution in [2.45, 2.75) is 25.8 Å². The Morgan fingerprint density at radius 1 is 1.00 bits per heavy atom. The fraction of sp³-hybridized carbons (Fsp3) is 0.290. The number of thioether (sulfide) groups is 1. The quantitative estimate of drug-likeness (QED) is 0.234. The Morgan fingerprint density at radius 3 is 2.49 bits per heavy atom. The minimum absolute atomic E-state index is 0.00364. The van der Waals surface area contributed by atoms with E-state index in [0.29, 0.717) is 31.6 Å². The van der Waals surface area contributed by atoms with Crippen LogP contribution in [0.5, 0.6) is 5.75 Å². The smallest absolute Gasteiger partial charge is 0.172 e. The lowest BCUT2D eigenvalue weighted by atomic mass is 9.88. The minimum Gasteiger partial charge on any atom is -0.494 e. The molecule has 2 aliphatic heterocycles. The first-order chi connectivity index (χ1) is 18.9. The van der Waals surface area contributed by atoms with Crippen LogP contribution in [0.1, 0.15) is 23.6 Å². The van der Waals surface area contributed by atoms with Crippen molar-refractivity contribution < 1.29 is 22.3 Å². The highest BCUT2D eigenvalue weighted by molar-refractivity contribution is 8.03. The standard InChI is InChI=1S/C31H30F4N2OS/c1-19-24(15-25-27(33)9-5-10-28(25)34)31-37(17-26(19)23-8-4-11-29(38-2)30(23)35)22(18-39-31)16-36-13-12-20-6-3-7-21(32)14-20/h3-11,14,22,36H,12-13,15-18H2,1-2H3. The SMILES string of the molecule is COc1cccc(C2=C(C)C(Cc3c(F)cccc3F)=C3SCC(CNCCc4cccc(F)c4)N3C2)c1F. The number of rotatable bonds is 9. The van der Waals surface area contributed by atoms with Crippen LogP contribution in [-0.4, -0.2) is 43.4 Å². The highest BCUT2D eigenvalue weighted by Gasteiger charge is 2.36. The van der Waals surface area contributed by atoms with Crippen LogP contribution in [0.4, 0.5) is 17.6 Å². The second-order valence-electron chi connectivity index (χ2n) is 9.76. The summed E-state index contributed by atoms with van der Waals surface area (Å²) in [6.45, 7) is 3.71. The predicted molar refractivity (Wildman–Crippen MR) is 149 cm³/mol. The number of hydrogen-bond donors (Lipinski definition) is 1. The monoisotopic (exact) mass is 554 g/mol. The molecule has 5 rings (SSSR count). The lowest BCUT2D eigenvalue weighted by molar-refractivity contribution is 0.318. The molecule has 3 aromatic carbocycles. The lowest BCUT2D eigenvalue weighted by Gasteiger charge is -2.35. The molecule has 0 saturated carbocycles. The van der Waals surface area contributed by atoms with Gasteiger partial charge in [-0.3, -0.25) is 0 Å². The van der Waals surface area contributed by atoms with Crippen LogP contribution in [0.15, 0.2) is 76.8 Å². The Bertz CT molecular complexity index is 1420. The van der Waals surface area contributed by atoms with Gasteiger partial charge in [-0.1, -0.05) is 30.3 Å². The summed E-state index contributed by atoms with van der Waals surface area (Å²) < 4.78 is 63.6. The molecule has 2 heterocycles. The van der Waals surface area contributed by atoms with E-state index in [1.807, 2.05) is 13.0 Å². The van der Waals surface area contributed by atoms with Gasteiger partial charge < -0.3 is 15.0 Å². The van der Waals surface area contributed by atoms with E-state index >= 15 is 4.39 Å². The normalized spacial score (nSPS) is 17.2. The Hall–Kier alpha value is -3.23. The van der Waals surface area contributed by atoms with Crippen LogP contribution >= 0.6 is 11.8 Å². The number of allylic oxidation sites excluding steroid dienone is 2. The molecule has 204 valence electrons. The number of halogens is 4. The van der Waals surface area contributed by atoms with E-state index in [0.717, 1.165) is 33.1 Å². The van der Waals surface area contributed by atoms with E-state index in [-0.39, 0.29) is 29.6 Å². The van der Waals surface area contributed by atoms with Gasteiger partial charge in [-0.05, 0) is 72.5 Å². The molecule has 2 aliphatic rings. The Labute approximate surface area is 230 Å². The van der Waals surface area contributed by atoms with E-state index < -0.39 is 17.5 Å². The van der Waals surface area contributed by atoms with Crippen molar-refractivity contribution >= 4 is 17.3 Å². The van der Waals surface area contributed by atoms with Crippen LogP contribution in [-0.2, 0) is 12.8 Å². The third-order valence-electron chi connectivity index (χ3n) is 7.39. The first-order valence-corrected chi connectivity index (χ1v) is 13.9. The highest BCUT2D eigenvalue weighted by atomic mass is 32.2. The molecule has 3 aromatic rings. The van der Waals surface area contributed by atoms with Gasteiger partial charge in [0.2, 0.25) is 0 Å². The van der Waals surface area contributed by atoms with E-state index in [1.54, 1.807) is 36.0 Å². The van der Waals surface area contributed by atoms with Crippen molar-refractivity contribution in [2.24, 2.45) is 0 Å². The number of hydrogen-bond acceptors (Lipinski definition) is 4. The largest absolute Gasteiger partial charge is 0.494 e. The fourth-order valence-electron chi connectivity index (χ4n) is 5.24. The number of benzene rings is 3. The molecule has 0 aromatic heterocycles. The Morgan fingerprint density at radius 2 is 1.74 bits per heavy atom. The van der Waals surface area contributed by atoms with Crippen molar-refractivity contribution in [1.29, 1.82) is 0 Å². The molecule has 1 saturated heterocycles. The number of nitrogens with zero attached hydrogens (tertiary/aromatic N) is 1. The van der Waals surface area contributed by atoms with Crippen LogP contribution in [0, 0.1) is 23.3 Å². The highest BCUT2D eigenvalue weighted by Crippen LogP contribution is 2.45. The zero-order valence-electron chi connectivity index (χ0n) is 21.9. The summed E-state index contributed by atoms with van der Waals surface area (Å²) >= 11 is 1.66. The second kappa shape index (κ2) is 11.9. The van der Waals surface area contributed by atoms with Gasteiger partial charge in [0.1, 0.15) is 17.5 Å². The maximum Gasteiger partial charge on any atom is 0.172 e. The van der Waals surface area contributed by atoms with Gasteiger partial charge >= 0.3 is 0 Å². The van der Waals surface area contributed by atoms with Crippen LogP contribution in [0.25, 0.3) is 5.57 Å². The average molecular weight is 555 g/mol. The van der Waals surface area contributed by atoms with Crippen molar-refractivity contribution in [2.75, 3.05) is 32.5 Å². The molecule has 1 unspecified atom stereocenters. The molecule has 0 bridgehead atoms. The van der Waals surface area contributed by atoms with Gasteiger partial charge in [-0.2, -0.15) is 0 Å². The van der Waals surface area contributed by atoms with Gasteiger partial charge in [0.15, 0.2) is 11.6 Å². The number of nitrogens with one attached hydrogen (secondary N) is 1. The molecule has 1 fully saturated rings. The summed E-state index contributed by atoms with van der Waals surface area (Å²) in [4.78, 5) is 2.22. The maximum atomic E-state index is 15.4. The van der Waals surface area contributed by atoms with Crippen LogP contribution in [0.2, 0.25) is 0 Å². The van der Waals surface area contributed by atoms with Gasteiger partial charge in [0, 0.05) is 36.4 Å². The van der Waals surface area contributed by atoms with Gasteiger partial charge in [0.05, 0.1) is 18.2 Å². The second-order valence-corrected chi connectivity index (χ2v) is 10.8. The molecular weight excluding hydrogens is 524 g/mol. The van der Waals surface area contributed by atoms with E-state index in [1.165, 1.54) is 37.4 Å². The summed E-state index contributed by atoms with van der Waals surface area (Å²) in [7, 11) is 1.43. The van der Waals surface area contributed by atoms with Crippen LogP contribution in [0.3, 0.4) is 0 Å². The number of fused-ring (bicyclic) bond motifs is 1. The number of methoxy groups -OCH3 is 1. The van der Waals surface area contributed by atoms with E-state index in [9.17, 15) is 13.2 Å². The summed E-state index contributed by atoms with van der Waals surface area (Å²) in [6, 6.07) is 15.6. The first-order valence-electron chi connectivity index (χ1n) is 12.9. The van der Waals surface area contributed by atoms with Crippen molar-refractivity contribution in [3.63, 3.8) is 0 Å². The molecular formula is C31H30F4N2OS. The summed E-state index contributed by atoms with van der Waals surface area (Å²) in [5.41, 5.74) is 3.74. The van der Waals surface area contributed by atoms with E-state index in [2.05, 4.69) is 10.2 Å². The van der Waals surface area contributed by atoms with Crippen molar-refractivity contribution in [1.82, 2.24) is 10.2 Å². The number of ether oxygens (including phenoxy) is 1. The Balaban J connectivity index is 1.44.